The molecule has 0 saturated carbocycles. The topological polar surface area (TPSA) is 162 Å². The number of carbonyl (C=O) groups is 1. The highest BCUT2D eigenvalue weighted by Crippen LogP contribution is 2.53. The number of amides is 1. The molecule has 2 unspecified atom stereocenters. The van der Waals surface area contributed by atoms with Crippen LogP contribution in [0, 0.1) is 45.3 Å². The summed E-state index contributed by atoms with van der Waals surface area (Å²) in [6.45, 7) is 0.854. The Morgan fingerprint density at radius 1 is 1.25 bits per heavy atom. The van der Waals surface area contributed by atoms with Crippen LogP contribution >= 0.6 is 0 Å². The Labute approximate surface area is 162 Å². The second-order valence-electron chi connectivity index (χ2n) is 6.66. The number of ether oxygens (including phenoxy) is 1. The molecule has 1 amide bonds. The van der Waals surface area contributed by atoms with Crippen molar-refractivity contribution in [2.24, 2.45) is 22.8 Å². The first-order valence-electron chi connectivity index (χ1n) is 8.63. The monoisotopic (exact) mass is 374 g/mol. The molecule has 2 atom stereocenters. The van der Waals surface area contributed by atoms with Gasteiger partial charge >= 0.3 is 0 Å². The third kappa shape index (κ3) is 2.95. The van der Waals surface area contributed by atoms with Crippen LogP contribution in [-0.2, 0) is 4.79 Å². The number of nitrogens with one attached hydrogen (secondary N) is 1. The Hall–Kier alpha value is -3.80. The summed E-state index contributed by atoms with van der Waals surface area (Å²) in [7, 11) is 0. The number of hydrogen-bond donors (Lipinski definition) is 3. The van der Waals surface area contributed by atoms with Gasteiger partial charge in [0.05, 0.1) is 23.4 Å². The maximum absolute atomic E-state index is 10.9. The van der Waals surface area contributed by atoms with Crippen LogP contribution in [0.1, 0.15) is 11.5 Å². The van der Waals surface area contributed by atoms with Crippen molar-refractivity contribution in [3.05, 3.63) is 52.7 Å². The summed E-state index contributed by atoms with van der Waals surface area (Å²) < 4.78 is 5.27. The molecule has 0 spiro atoms. The Morgan fingerprint density at radius 3 is 2.50 bits per heavy atom. The van der Waals surface area contributed by atoms with Crippen LogP contribution in [0.15, 0.2) is 47.2 Å². The molecule has 8 heteroatoms. The van der Waals surface area contributed by atoms with Crippen molar-refractivity contribution >= 4 is 5.91 Å². The number of nitriles is 3. The minimum absolute atomic E-state index is 0.0107. The predicted octanol–water partition coefficient (Wildman–Crippen LogP) is 0.564. The Bertz CT molecular complexity index is 973. The molecule has 0 bridgehead atoms. The van der Waals surface area contributed by atoms with Gasteiger partial charge in [-0.2, -0.15) is 15.8 Å². The molecule has 1 aliphatic carbocycles. The standard InChI is InChI=1S/C20H18N6O2/c21-7-15-14-5-6-26-8-16(14)18(20(10-22,11-23)19(15)25)12-1-3-13(4-2-12)28-9-17(24)27/h1-5,16,18,26H,6,8-9,25H2,(H2,24,27). The molecular formula is C20H18N6O2. The molecule has 1 aromatic rings. The van der Waals surface area contributed by atoms with E-state index >= 15 is 0 Å². The van der Waals surface area contributed by atoms with Gasteiger partial charge in [0, 0.05) is 24.9 Å². The lowest BCUT2D eigenvalue weighted by Crippen LogP contribution is -2.46. The van der Waals surface area contributed by atoms with E-state index in [2.05, 4.69) is 23.5 Å². The number of nitrogens with zero attached hydrogens (tertiary/aromatic N) is 3. The van der Waals surface area contributed by atoms with Crippen molar-refractivity contribution in [1.82, 2.24) is 5.32 Å². The zero-order chi connectivity index (χ0) is 20.3. The van der Waals surface area contributed by atoms with Crippen molar-refractivity contribution in [2.75, 3.05) is 19.7 Å². The van der Waals surface area contributed by atoms with Gasteiger partial charge < -0.3 is 21.5 Å². The number of allylic oxidation sites excluding steroid dienone is 2. The highest BCUT2D eigenvalue weighted by molar-refractivity contribution is 5.75. The average molecular weight is 374 g/mol. The maximum Gasteiger partial charge on any atom is 0.255 e. The fourth-order valence-corrected chi connectivity index (χ4v) is 3.91. The summed E-state index contributed by atoms with van der Waals surface area (Å²) in [4.78, 5) is 10.9. The zero-order valence-corrected chi connectivity index (χ0v) is 15.0. The fraction of sp³-hybridized carbons (Fsp3) is 0.300. The number of primary amides is 1. The number of benzene rings is 1. The second-order valence-corrected chi connectivity index (χ2v) is 6.66. The van der Waals surface area contributed by atoms with Crippen molar-refractivity contribution in [3.63, 3.8) is 0 Å². The molecule has 1 aromatic carbocycles. The molecule has 28 heavy (non-hydrogen) atoms. The van der Waals surface area contributed by atoms with Crippen molar-refractivity contribution < 1.29 is 9.53 Å². The quantitative estimate of drug-likeness (QED) is 0.693. The molecule has 0 radical (unpaired) electrons. The predicted molar refractivity (Wildman–Crippen MR) is 98.8 cm³/mol. The van der Waals surface area contributed by atoms with Gasteiger partial charge in [0.15, 0.2) is 12.0 Å². The van der Waals surface area contributed by atoms with E-state index < -0.39 is 17.2 Å². The molecular weight excluding hydrogens is 356 g/mol. The van der Waals surface area contributed by atoms with E-state index in [9.17, 15) is 20.6 Å². The van der Waals surface area contributed by atoms with Crippen molar-refractivity contribution in [1.29, 1.82) is 15.8 Å². The van der Waals surface area contributed by atoms with E-state index in [4.69, 9.17) is 16.2 Å². The first-order chi connectivity index (χ1) is 13.5. The van der Waals surface area contributed by atoms with Crippen LogP contribution < -0.4 is 21.5 Å². The van der Waals surface area contributed by atoms with E-state index in [-0.39, 0.29) is 23.8 Å². The normalized spacial score (nSPS) is 22.7. The largest absolute Gasteiger partial charge is 0.484 e. The fourth-order valence-electron chi connectivity index (χ4n) is 3.91. The summed E-state index contributed by atoms with van der Waals surface area (Å²) in [6, 6.07) is 13.0. The molecule has 8 nitrogen and oxygen atoms in total. The van der Waals surface area contributed by atoms with E-state index in [1.807, 2.05) is 6.08 Å². The number of nitrogens with two attached hydrogens (primary N) is 2. The minimum atomic E-state index is -1.66. The van der Waals surface area contributed by atoms with Crippen molar-refractivity contribution in [2.45, 2.75) is 5.92 Å². The summed E-state index contributed by atoms with van der Waals surface area (Å²) in [5.74, 6) is -0.970. The van der Waals surface area contributed by atoms with Crippen LogP contribution in [0.5, 0.6) is 5.75 Å². The average Bonchev–Trinajstić information content (AvgIpc) is 2.72. The van der Waals surface area contributed by atoms with Gasteiger partial charge in [-0.3, -0.25) is 4.79 Å². The Kier molecular flexibility index (Phi) is 5.04. The molecule has 5 N–H and O–H groups in total. The van der Waals surface area contributed by atoms with Crippen LogP contribution in [0.4, 0.5) is 0 Å². The molecule has 3 rings (SSSR count). The smallest absolute Gasteiger partial charge is 0.255 e. The number of hydrogen-bond acceptors (Lipinski definition) is 7. The lowest BCUT2D eigenvalue weighted by molar-refractivity contribution is -0.119. The van der Waals surface area contributed by atoms with Crippen LogP contribution in [0.25, 0.3) is 0 Å². The highest BCUT2D eigenvalue weighted by atomic mass is 16.5. The number of fused-ring (bicyclic) bond motifs is 1. The first-order valence-corrected chi connectivity index (χ1v) is 8.63. The van der Waals surface area contributed by atoms with Gasteiger partial charge in [0.2, 0.25) is 0 Å². The molecule has 2 aliphatic rings. The van der Waals surface area contributed by atoms with Gasteiger partial charge in [0.25, 0.3) is 5.91 Å². The number of carbonyl (C=O) groups excluding carboxylic acids is 1. The SMILES string of the molecule is N#CC1=C(N)C(C#N)(C#N)C(c2ccc(OCC(N)=O)cc2)C2CNCC=C12. The molecule has 0 saturated heterocycles. The lowest BCUT2D eigenvalue weighted by Gasteiger charge is -2.43. The highest BCUT2D eigenvalue weighted by Gasteiger charge is 2.53. The summed E-state index contributed by atoms with van der Waals surface area (Å²) in [6.07, 6.45) is 1.88. The van der Waals surface area contributed by atoms with Crippen LogP contribution in [0.3, 0.4) is 0 Å². The Morgan fingerprint density at radius 2 is 1.93 bits per heavy atom. The molecule has 0 fully saturated rings. The van der Waals surface area contributed by atoms with Gasteiger partial charge in [-0.1, -0.05) is 18.2 Å². The Balaban J connectivity index is 2.11. The van der Waals surface area contributed by atoms with Crippen LogP contribution in [-0.4, -0.2) is 25.6 Å². The maximum atomic E-state index is 10.9. The summed E-state index contributed by atoms with van der Waals surface area (Å²) in [5, 5.41) is 32.7. The van der Waals surface area contributed by atoms with Crippen LogP contribution in [0.2, 0.25) is 0 Å². The summed E-state index contributed by atoms with van der Waals surface area (Å²) in [5.41, 5.74) is 11.3. The molecule has 1 aliphatic heterocycles. The molecule has 1 heterocycles. The lowest BCUT2D eigenvalue weighted by atomic mass is 9.58. The molecule has 140 valence electrons. The third-order valence-electron chi connectivity index (χ3n) is 5.17. The van der Waals surface area contributed by atoms with Gasteiger partial charge in [-0.25, -0.2) is 0 Å². The van der Waals surface area contributed by atoms with E-state index in [0.717, 1.165) is 5.57 Å². The van der Waals surface area contributed by atoms with E-state index in [1.165, 1.54) is 0 Å². The molecule has 0 aromatic heterocycles. The first kappa shape index (κ1) is 19.0. The van der Waals surface area contributed by atoms with Gasteiger partial charge in [-0.15, -0.1) is 0 Å². The summed E-state index contributed by atoms with van der Waals surface area (Å²) >= 11 is 0. The van der Waals surface area contributed by atoms with E-state index in [0.29, 0.717) is 24.4 Å². The number of rotatable bonds is 4. The van der Waals surface area contributed by atoms with E-state index in [1.54, 1.807) is 24.3 Å². The second kappa shape index (κ2) is 7.44. The van der Waals surface area contributed by atoms with Gasteiger partial charge in [0.1, 0.15) is 11.8 Å². The zero-order valence-electron chi connectivity index (χ0n) is 15.0. The van der Waals surface area contributed by atoms with Gasteiger partial charge in [-0.05, 0) is 23.3 Å². The third-order valence-corrected chi connectivity index (χ3v) is 5.17. The van der Waals surface area contributed by atoms with Crippen molar-refractivity contribution in [3.8, 4) is 24.0 Å². The minimum Gasteiger partial charge on any atom is -0.484 e.